The summed E-state index contributed by atoms with van der Waals surface area (Å²) >= 11 is 0. The van der Waals surface area contributed by atoms with Crippen molar-refractivity contribution in [3.63, 3.8) is 0 Å². The molecule has 1 heterocycles. The molecular weight excluding hydrogens is 294 g/mol. The number of benzene rings is 1. The second-order valence-corrected chi connectivity index (χ2v) is 4.82. The van der Waals surface area contributed by atoms with Gasteiger partial charge < -0.3 is 20.1 Å². The molecule has 23 heavy (non-hydrogen) atoms. The molecule has 2 rings (SSSR count). The first kappa shape index (κ1) is 16.8. The van der Waals surface area contributed by atoms with Crippen LogP contribution in [0.2, 0.25) is 0 Å². The van der Waals surface area contributed by atoms with E-state index in [0.29, 0.717) is 36.7 Å². The molecule has 0 spiro atoms. The quantitative estimate of drug-likeness (QED) is 0.724. The van der Waals surface area contributed by atoms with Crippen LogP contribution >= 0.6 is 0 Å². The van der Waals surface area contributed by atoms with Crippen LogP contribution in [0.3, 0.4) is 0 Å². The number of rotatable bonds is 8. The third kappa shape index (κ3) is 4.96. The lowest BCUT2D eigenvalue weighted by molar-refractivity contribution is 0.0953. The average molecular weight is 315 g/mol. The number of nitrogens with zero attached hydrogens (tertiary/aromatic N) is 1. The SMILES string of the molecule is COc1ccc(C(=O)NCCNCc2ccccn2)cc1OC. The molecule has 0 atom stereocenters. The Kier molecular flexibility index (Phi) is 6.38. The van der Waals surface area contributed by atoms with Gasteiger partial charge in [-0.05, 0) is 30.3 Å². The van der Waals surface area contributed by atoms with E-state index in [1.54, 1.807) is 38.6 Å². The van der Waals surface area contributed by atoms with Gasteiger partial charge in [0.05, 0.1) is 19.9 Å². The van der Waals surface area contributed by atoms with E-state index < -0.39 is 0 Å². The molecule has 0 bridgehead atoms. The number of hydrogen-bond acceptors (Lipinski definition) is 5. The van der Waals surface area contributed by atoms with Crippen LogP contribution in [0.15, 0.2) is 42.6 Å². The van der Waals surface area contributed by atoms with Crippen molar-refractivity contribution in [2.45, 2.75) is 6.54 Å². The molecule has 0 radical (unpaired) electrons. The molecule has 0 saturated carbocycles. The Morgan fingerprint density at radius 2 is 1.91 bits per heavy atom. The van der Waals surface area contributed by atoms with Crippen molar-refractivity contribution in [3.8, 4) is 11.5 Å². The van der Waals surface area contributed by atoms with Gasteiger partial charge in [0, 0.05) is 31.4 Å². The molecule has 2 aromatic rings. The standard InChI is InChI=1S/C17H21N3O3/c1-22-15-7-6-13(11-16(15)23-2)17(21)20-10-9-18-12-14-5-3-4-8-19-14/h3-8,11,18H,9-10,12H2,1-2H3,(H,20,21). The van der Waals surface area contributed by atoms with Crippen molar-refractivity contribution in [2.75, 3.05) is 27.3 Å². The summed E-state index contributed by atoms with van der Waals surface area (Å²) in [6.45, 7) is 1.86. The van der Waals surface area contributed by atoms with E-state index in [2.05, 4.69) is 15.6 Å². The van der Waals surface area contributed by atoms with Crippen molar-refractivity contribution < 1.29 is 14.3 Å². The third-order valence-electron chi connectivity index (χ3n) is 3.27. The average Bonchev–Trinajstić information content (AvgIpc) is 2.61. The second kappa shape index (κ2) is 8.75. The van der Waals surface area contributed by atoms with Crippen LogP contribution < -0.4 is 20.1 Å². The molecular formula is C17H21N3O3. The van der Waals surface area contributed by atoms with Crippen LogP contribution in [0.25, 0.3) is 0 Å². The van der Waals surface area contributed by atoms with E-state index in [9.17, 15) is 4.79 Å². The number of pyridine rings is 1. The van der Waals surface area contributed by atoms with Gasteiger partial charge in [-0.3, -0.25) is 9.78 Å². The zero-order valence-electron chi connectivity index (χ0n) is 13.3. The minimum atomic E-state index is -0.148. The van der Waals surface area contributed by atoms with E-state index in [-0.39, 0.29) is 5.91 Å². The summed E-state index contributed by atoms with van der Waals surface area (Å²) in [5.41, 5.74) is 1.51. The van der Waals surface area contributed by atoms with E-state index in [1.165, 1.54) is 0 Å². The summed E-state index contributed by atoms with van der Waals surface area (Å²) in [6.07, 6.45) is 1.76. The zero-order chi connectivity index (χ0) is 16.5. The Hall–Kier alpha value is -2.60. The van der Waals surface area contributed by atoms with Crippen LogP contribution in [0, 0.1) is 0 Å². The van der Waals surface area contributed by atoms with Gasteiger partial charge in [-0.1, -0.05) is 6.07 Å². The van der Waals surface area contributed by atoms with Gasteiger partial charge in [0.2, 0.25) is 0 Å². The van der Waals surface area contributed by atoms with Crippen LogP contribution in [-0.2, 0) is 6.54 Å². The maximum absolute atomic E-state index is 12.1. The molecule has 1 aromatic carbocycles. The molecule has 6 nitrogen and oxygen atoms in total. The monoisotopic (exact) mass is 315 g/mol. The number of methoxy groups -OCH3 is 2. The highest BCUT2D eigenvalue weighted by Crippen LogP contribution is 2.27. The molecule has 0 aliphatic rings. The first-order valence-electron chi connectivity index (χ1n) is 7.35. The number of amides is 1. The molecule has 0 saturated heterocycles. The fraction of sp³-hybridized carbons (Fsp3) is 0.294. The first-order chi connectivity index (χ1) is 11.2. The van der Waals surface area contributed by atoms with Gasteiger partial charge in [0.15, 0.2) is 11.5 Å². The van der Waals surface area contributed by atoms with Gasteiger partial charge in [-0.15, -0.1) is 0 Å². The van der Waals surface area contributed by atoms with Crippen molar-refractivity contribution in [3.05, 3.63) is 53.9 Å². The molecule has 0 fully saturated rings. The van der Waals surface area contributed by atoms with Crippen LogP contribution in [0.4, 0.5) is 0 Å². The number of hydrogen-bond donors (Lipinski definition) is 2. The summed E-state index contributed by atoms with van der Waals surface area (Å²) in [5.74, 6) is 0.986. The third-order valence-corrected chi connectivity index (χ3v) is 3.27. The highest BCUT2D eigenvalue weighted by Gasteiger charge is 2.10. The minimum Gasteiger partial charge on any atom is -0.493 e. The summed E-state index contributed by atoms with van der Waals surface area (Å²) < 4.78 is 10.3. The highest BCUT2D eigenvalue weighted by molar-refractivity contribution is 5.94. The lowest BCUT2D eigenvalue weighted by Gasteiger charge is -2.10. The molecule has 0 unspecified atom stereocenters. The van der Waals surface area contributed by atoms with Gasteiger partial charge in [-0.2, -0.15) is 0 Å². The predicted molar refractivity (Wildman–Crippen MR) is 87.8 cm³/mol. The maximum atomic E-state index is 12.1. The fourth-order valence-electron chi connectivity index (χ4n) is 2.06. The topological polar surface area (TPSA) is 72.5 Å². The van der Waals surface area contributed by atoms with Crippen molar-refractivity contribution in [1.29, 1.82) is 0 Å². The summed E-state index contributed by atoms with van der Waals surface area (Å²) in [5, 5.41) is 6.08. The second-order valence-electron chi connectivity index (χ2n) is 4.82. The van der Waals surface area contributed by atoms with E-state index in [4.69, 9.17) is 9.47 Å². The molecule has 1 aromatic heterocycles. The molecule has 2 N–H and O–H groups in total. The predicted octanol–water partition coefficient (Wildman–Crippen LogP) is 1.62. The minimum absolute atomic E-state index is 0.148. The van der Waals surface area contributed by atoms with Gasteiger partial charge in [0.25, 0.3) is 5.91 Å². The van der Waals surface area contributed by atoms with Crippen LogP contribution in [0.5, 0.6) is 11.5 Å². The van der Waals surface area contributed by atoms with Crippen molar-refractivity contribution in [2.24, 2.45) is 0 Å². The van der Waals surface area contributed by atoms with Gasteiger partial charge in [-0.25, -0.2) is 0 Å². The maximum Gasteiger partial charge on any atom is 0.251 e. The smallest absolute Gasteiger partial charge is 0.251 e. The van der Waals surface area contributed by atoms with Crippen molar-refractivity contribution in [1.82, 2.24) is 15.6 Å². The Bertz CT molecular complexity index is 632. The normalized spacial score (nSPS) is 10.2. The summed E-state index contributed by atoms with van der Waals surface area (Å²) in [4.78, 5) is 16.3. The zero-order valence-corrected chi connectivity index (χ0v) is 13.3. The molecule has 1 amide bonds. The van der Waals surface area contributed by atoms with E-state index in [0.717, 1.165) is 5.69 Å². The van der Waals surface area contributed by atoms with E-state index >= 15 is 0 Å². The summed E-state index contributed by atoms with van der Waals surface area (Å²) in [7, 11) is 3.10. The first-order valence-corrected chi connectivity index (χ1v) is 7.35. The van der Waals surface area contributed by atoms with Gasteiger partial charge >= 0.3 is 0 Å². The molecule has 0 aliphatic heterocycles. The van der Waals surface area contributed by atoms with Crippen molar-refractivity contribution >= 4 is 5.91 Å². The Labute approximate surface area is 135 Å². The number of ether oxygens (including phenoxy) is 2. The Morgan fingerprint density at radius 3 is 2.61 bits per heavy atom. The van der Waals surface area contributed by atoms with Crippen LogP contribution in [-0.4, -0.2) is 38.2 Å². The Balaban J connectivity index is 1.76. The molecule has 0 aliphatic carbocycles. The fourth-order valence-corrected chi connectivity index (χ4v) is 2.06. The number of aromatic nitrogens is 1. The molecule has 122 valence electrons. The number of carbonyl (C=O) groups excluding carboxylic acids is 1. The number of nitrogens with one attached hydrogen (secondary N) is 2. The molecule has 6 heteroatoms. The lowest BCUT2D eigenvalue weighted by atomic mass is 10.2. The largest absolute Gasteiger partial charge is 0.493 e. The summed E-state index contributed by atoms with van der Waals surface area (Å²) in [6, 6.07) is 10.9. The lowest BCUT2D eigenvalue weighted by Crippen LogP contribution is -2.31. The van der Waals surface area contributed by atoms with Gasteiger partial charge in [0.1, 0.15) is 0 Å². The highest BCUT2D eigenvalue weighted by atomic mass is 16.5. The van der Waals surface area contributed by atoms with E-state index in [1.807, 2.05) is 18.2 Å². The Morgan fingerprint density at radius 1 is 1.09 bits per heavy atom. The van der Waals surface area contributed by atoms with Crippen LogP contribution in [0.1, 0.15) is 16.1 Å². The number of carbonyl (C=O) groups is 1.